The van der Waals surface area contributed by atoms with Crippen LogP contribution in [0.1, 0.15) is 16.9 Å². The van der Waals surface area contributed by atoms with Gasteiger partial charge in [-0.25, -0.2) is 4.68 Å². The molecule has 2 aliphatic heterocycles. The Morgan fingerprint density at radius 2 is 1.88 bits per heavy atom. The predicted octanol–water partition coefficient (Wildman–Crippen LogP) is 2.40. The molecule has 1 aromatic carbocycles. The number of methoxy groups -OCH3 is 1. The highest BCUT2D eigenvalue weighted by Crippen LogP contribution is 2.32. The van der Waals surface area contributed by atoms with Gasteiger partial charge in [0.25, 0.3) is 5.91 Å². The minimum Gasteiger partial charge on any atom is -0.497 e. The molecule has 138 valence electrons. The van der Waals surface area contributed by atoms with Gasteiger partial charge in [0, 0.05) is 44.8 Å². The number of anilines is 1. The number of hydrogen-bond donors (Lipinski definition) is 0. The zero-order chi connectivity index (χ0) is 18.1. The van der Waals surface area contributed by atoms with E-state index in [1.54, 1.807) is 11.8 Å². The summed E-state index contributed by atoms with van der Waals surface area (Å²) in [5.41, 5.74) is 1.59. The Morgan fingerprint density at radius 3 is 2.54 bits per heavy atom. The van der Waals surface area contributed by atoms with Crippen LogP contribution >= 0.6 is 15.9 Å². The quantitative estimate of drug-likeness (QED) is 0.762. The minimum atomic E-state index is -0.0447. The van der Waals surface area contributed by atoms with Crippen molar-refractivity contribution in [2.24, 2.45) is 0 Å². The molecule has 2 aromatic rings. The predicted molar refractivity (Wildman–Crippen MR) is 101 cm³/mol. The molecule has 8 heteroatoms. The Morgan fingerprint density at radius 1 is 1.15 bits per heavy atom. The summed E-state index contributed by atoms with van der Waals surface area (Å²) in [6.07, 6.45) is 0.912. The maximum Gasteiger partial charge on any atom is 0.275 e. The second-order valence-corrected chi connectivity index (χ2v) is 7.16. The van der Waals surface area contributed by atoms with Gasteiger partial charge in [0.1, 0.15) is 10.2 Å². The lowest BCUT2D eigenvalue weighted by molar-refractivity contribution is 0.0739. The van der Waals surface area contributed by atoms with Crippen LogP contribution < -0.4 is 14.4 Å². The maximum absolute atomic E-state index is 12.9. The van der Waals surface area contributed by atoms with Gasteiger partial charge in [0.15, 0.2) is 5.69 Å². The highest BCUT2D eigenvalue weighted by atomic mass is 79.9. The molecule has 7 nitrogen and oxygen atoms in total. The second-order valence-electron chi connectivity index (χ2n) is 6.37. The molecule has 3 heterocycles. The van der Waals surface area contributed by atoms with Crippen molar-refractivity contribution in [3.05, 3.63) is 34.4 Å². The van der Waals surface area contributed by atoms with E-state index >= 15 is 0 Å². The number of ether oxygens (including phenoxy) is 2. The van der Waals surface area contributed by atoms with Crippen LogP contribution in [0.2, 0.25) is 0 Å². The zero-order valence-corrected chi connectivity index (χ0v) is 16.2. The van der Waals surface area contributed by atoms with Crippen molar-refractivity contribution in [2.75, 3.05) is 44.8 Å². The SMILES string of the molecule is COc1ccc(N2CCN(C(=O)c3nn4c(c3Br)OCCC4)CC2)cc1. The van der Waals surface area contributed by atoms with Gasteiger partial charge in [0.05, 0.1) is 13.7 Å². The fourth-order valence-corrected chi connectivity index (χ4v) is 3.91. The van der Waals surface area contributed by atoms with Gasteiger partial charge in [0.2, 0.25) is 5.88 Å². The van der Waals surface area contributed by atoms with E-state index in [1.807, 2.05) is 29.2 Å². The van der Waals surface area contributed by atoms with Crippen LogP contribution in [0.4, 0.5) is 5.69 Å². The fourth-order valence-electron chi connectivity index (χ4n) is 3.34. The summed E-state index contributed by atoms with van der Waals surface area (Å²) in [7, 11) is 1.66. The number of halogens is 1. The molecule has 0 bridgehead atoms. The van der Waals surface area contributed by atoms with Gasteiger partial charge in [-0.3, -0.25) is 4.79 Å². The van der Waals surface area contributed by atoms with E-state index in [2.05, 4.69) is 25.9 Å². The third-order valence-corrected chi connectivity index (χ3v) is 5.53. The highest BCUT2D eigenvalue weighted by molar-refractivity contribution is 9.10. The summed E-state index contributed by atoms with van der Waals surface area (Å²) in [6.45, 7) is 4.37. The van der Waals surface area contributed by atoms with Crippen LogP contribution in [-0.2, 0) is 6.54 Å². The molecule has 0 spiro atoms. The number of piperazine rings is 1. The number of aromatic nitrogens is 2. The fraction of sp³-hybridized carbons (Fsp3) is 0.444. The average molecular weight is 421 g/mol. The summed E-state index contributed by atoms with van der Waals surface area (Å²) in [5, 5.41) is 4.45. The highest BCUT2D eigenvalue weighted by Gasteiger charge is 2.29. The number of rotatable bonds is 3. The van der Waals surface area contributed by atoms with Gasteiger partial charge in [-0.15, -0.1) is 0 Å². The number of carbonyl (C=O) groups is 1. The lowest BCUT2D eigenvalue weighted by Crippen LogP contribution is -2.49. The largest absolute Gasteiger partial charge is 0.497 e. The molecular formula is C18H21BrN4O3. The van der Waals surface area contributed by atoms with Crippen LogP contribution in [0.3, 0.4) is 0 Å². The molecule has 1 saturated heterocycles. The summed E-state index contributed by atoms with van der Waals surface area (Å²) < 4.78 is 13.3. The van der Waals surface area contributed by atoms with Crippen LogP contribution in [0.15, 0.2) is 28.7 Å². The van der Waals surface area contributed by atoms with E-state index in [1.165, 1.54) is 0 Å². The van der Waals surface area contributed by atoms with Gasteiger partial charge in [-0.05, 0) is 40.2 Å². The van der Waals surface area contributed by atoms with Crippen LogP contribution in [0.5, 0.6) is 11.6 Å². The molecular weight excluding hydrogens is 400 g/mol. The maximum atomic E-state index is 12.9. The van der Waals surface area contributed by atoms with Crippen molar-refractivity contribution in [1.82, 2.24) is 14.7 Å². The first-order chi connectivity index (χ1) is 12.7. The summed E-state index contributed by atoms with van der Waals surface area (Å²) in [4.78, 5) is 17.0. The van der Waals surface area contributed by atoms with Gasteiger partial charge in [-0.1, -0.05) is 0 Å². The van der Waals surface area contributed by atoms with Crippen LogP contribution in [0.25, 0.3) is 0 Å². The van der Waals surface area contributed by atoms with E-state index < -0.39 is 0 Å². The van der Waals surface area contributed by atoms with Crippen molar-refractivity contribution in [1.29, 1.82) is 0 Å². The van der Waals surface area contributed by atoms with Crippen molar-refractivity contribution < 1.29 is 14.3 Å². The second kappa shape index (κ2) is 7.19. The Labute approximate surface area is 160 Å². The molecule has 4 rings (SSSR count). The number of aryl methyl sites for hydroxylation is 1. The number of benzene rings is 1. The zero-order valence-electron chi connectivity index (χ0n) is 14.7. The summed E-state index contributed by atoms with van der Waals surface area (Å²) in [6, 6.07) is 8.01. The smallest absolute Gasteiger partial charge is 0.275 e. The normalized spacial score (nSPS) is 16.8. The van der Waals surface area contributed by atoms with E-state index in [-0.39, 0.29) is 5.91 Å². The number of hydrogen-bond acceptors (Lipinski definition) is 5. The van der Waals surface area contributed by atoms with Crippen molar-refractivity contribution >= 4 is 27.5 Å². The van der Waals surface area contributed by atoms with E-state index in [0.29, 0.717) is 35.7 Å². The van der Waals surface area contributed by atoms with Gasteiger partial charge >= 0.3 is 0 Å². The molecule has 26 heavy (non-hydrogen) atoms. The van der Waals surface area contributed by atoms with E-state index in [0.717, 1.165) is 37.5 Å². The first-order valence-electron chi connectivity index (χ1n) is 8.75. The van der Waals surface area contributed by atoms with Crippen molar-refractivity contribution in [3.8, 4) is 11.6 Å². The van der Waals surface area contributed by atoms with Gasteiger partial charge < -0.3 is 19.3 Å². The Balaban J connectivity index is 1.43. The van der Waals surface area contributed by atoms with Gasteiger partial charge in [-0.2, -0.15) is 5.10 Å². The molecule has 1 amide bonds. The molecule has 0 aliphatic carbocycles. The molecule has 0 radical (unpaired) electrons. The number of carbonyl (C=O) groups excluding carboxylic acids is 1. The Bertz CT molecular complexity index is 798. The van der Waals surface area contributed by atoms with Crippen LogP contribution in [0, 0.1) is 0 Å². The minimum absolute atomic E-state index is 0.0447. The topological polar surface area (TPSA) is 59.8 Å². The molecule has 0 atom stereocenters. The molecule has 1 fully saturated rings. The Kier molecular flexibility index (Phi) is 4.76. The molecule has 1 aromatic heterocycles. The molecule has 0 N–H and O–H groups in total. The molecule has 0 saturated carbocycles. The van der Waals surface area contributed by atoms with Crippen LogP contribution in [-0.4, -0.2) is 60.5 Å². The van der Waals surface area contributed by atoms with Crippen molar-refractivity contribution in [2.45, 2.75) is 13.0 Å². The Hall–Kier alpha value is -2.22. The monoisotopic (exact) mass is 420 g/mol. The van der Waals surface area contributed by atoms with E-state index in [4.69, 9.17) is 9.47 Å². The number of fused-ring (bicyclic) bond motifs is 1. The number of amides is 1. The molecule has 2 aliphatic rings. The standard InChI is InChI=1S/C18H21BrN4O3/c1-25-14-5-3-13(4-6-14)21-8-10-22(11-9-21)17(24)16-15(19)18-23(20-16)7-2-12-26-18/h3-6H,2,7-12H2,1H3. The third kappa shape index (κ3) is 3.13. The first-order valence-corrected chi connectivity index (χ1v) is 9.54. The lowest BCUT2D eigenvalue weighted by atomic mass is 10.2. The molecule has 0 unspecified atom stereocenters. The third-order valence-electron chi connectivity index (χ3n) is 4.81. The van der Waals surface area contributed by atoms with E-state index in [9.17, 15) is 4.79 Å². The average Bonchev–Trinajstić information content (AvgIpc) is 3.04. The first kappa shape index (κ1) is 17.2. The summed E-state index contributed by atoms with van der Waals surface area (Å²) >= 11 is 3.49. The lowest BCUT2D eigenvalue weighted by Gasteiger charge is -2.35. The summed E-state index contributed by atoms with van der Waals surface area (Å²) in [5.74, 6) is 1.46. The number of nitrogens with zero attached hydrogens (tertiary/aromatic N) is 4. The van der Waals surface area contributed by atoms with Crippen molar-refractivity contribution in [3.63, 3.8) is 0 Å².